The SMILES string of the molecule is CCOc1ccc(-c2nc3cccc(C)n3c2CC#N)cc1. The Morgan fingerprint density at radius 3 is 2.64 bits per heavy atom. The normalized spacial score (nSPS) is 10.6. The number of rotatable bonds is 4. The van der Waals surface area contributed by atoms with Crippen LogP contribution in [-0.2, 0) is 6.42 Å². The van der Waals surface area contributed by atoms with Gasteiger partial charge in [-0.05, 0) is 50.2 Å². The van der Waals surface area contributed by atoms with E-state index in [9.17, 15) is 0 Å². The zero-order valence-electron chi connectivity index (χ0n) is 12.7. The molecule has 0 saturated carbocycles. The van der Waals surface area contributed by atoms with Gasteiger partial charge in [-0.15, -0.1) is 0 Å². The van der Waals surface area contributed by atoms with Gasteiger partial charge in [0, 0.05) is 11.3 Å². The van der Waals surface area contributed by atoms with Gasteiger partial charge in [-0.25, -0.2) is 4.98 Å². The summed E-state index contributed by atoms with van der Waals surface area (Å²) in [6.45, 7) is 4.63. The number of aryl methyl sites for hydroxylation is 1. The summed E-state index contributed by atoms with van der Waals surface area (Å²) in [5, 5.41) is 9.16. The quantitative estimate of drug-likeness (QED) is 0.735. The second kappa shape index (κ2) is 5.90. The number of nitriles is 1. The van der Waals surface area contributed by atoms with Crippen molar-refractivity contribution in [1.29, 1.82) is 5.26 Å². The number of aromatic nitrogens is 2. The predicted molar refractivity (Wildman–Crippen MR) is 85.9 cm³/mol. The maximum atomic E-state index is 9.16. The van der Waals surface area contributed by atoms with Crippen LogP contribution in [0.25, 0.3) is 16.9 Å². The van der Waals surface area contributed by atoms with Gasteiger partial charge in [0.05, 0.1) is 30.5 Å². The van der Waals surface area contributed by atoms with Crippen LogP contribution in [-0.4, -0.2) is 16.0 Å². The van der Waals surface area contributed by atoms with Crippen molar-refractivity contribution < 1.29 is 4.74 Å². The summed E-state index contributed by atoms with van der Waals surface area (Å²) in [5.74, 6) is 0.841. The molecule has 0 N–H and O–H groups in total. The topological polar surface area (TPSA) is 50.3 Å². The molecule has 4 nitrogen and oxygen atoms in total. The molecule has 2 heterocycles. The summed E-state index contributed by atoms with van der Waals surface area (Å²) in [6.07, 6.45) is 0.328. The highest BCUT2D eigenvalue weighted by Crippen LogP contribution is 2.27. The van der Waals surface area contributed by atoms with Crippen molar-refractivity contribution in [1.82, 2.24) is 9.38 Å². The second-order valence-corrected chi connectivity index (χ2v) is 5.06. The molecule has 0 aliphatic carbocycles. The molecule has 0 bridgehead atoms. The van der Waals surface area contributed by atoms with Crippen molar-refractivity contribution in [3.63, 3.8) is 0 Å². The van der Waals surface area contributed by atoms with Crippen LogP contribution in [0, 0.1) is 18.3 Å². The molecule has 0 saturated heterocycles. The fourth-order valence-corrected chi connectivity index (χ4v) is 2.67. The molecule has 0 aliphatic rings. The van der Waals surface area contributed by atoms with E-state index in [0.717, 1.165) is 34.0 Å². The van der Waals surface area contributed by atoms with E-state index < -0.39 is 0 Å². The van der Waals surface area contributed by atoms with Crippen LogP contribution >= 0.6 is 0 Å². The van der Waals surface area contributed by atoms with Gasteiger partial charge in [-0.3, -0.25) is 4.40 Å². The molecule has 0 radical (unpaired) electrons. The van der Waals surface area contributed by atoms with Crippen LogP contribution in [0.5, 0.6) is 5.75 Å². The van der Waals surface area contributed by atoms with Gasteiger partial charge in [-0.1, -0.05) is 6.07 Å². The summed E-state index contributed by atoms with van der Waals surface area (Å²) in [6, 6.07) is 16.1. The Morgan fingerprint density at radius 2 is 1.95 bits per heavy atom. The second-order valence-electron chi connectivity index (χ2n) is 5.06. The fourth-order valence-electron chi connectivity index (χ4n) is 2.67. The number of hydrogen-bond acceptors (Lipinski definition) is 3. The summed E-state index contributed by atoms with van der Waals surface area (Å²) in [7, 11) is 0. The van der Waals surface area contributed by atoms with Gasteiger partial charge >= 0.3 is 0 Å². The number of hydrogen-bond donors (Lipinski definition) is 0. The van der Waals surface area contributed by atoms with E-state index in [1.54, 1.807) is 0 Å². The number of fused-ring (bicyclic) bond motifs is 1. The molecule has 110 valence electrons. The molecule has 0 atom stereocenters. The van der Waals surface area contributed by atoms with Gasteiger partial charge < -0.3 is 4.74 Å². The van der Waals surface area contributed by atoms with Crippen LogP contribution < -0.4 is 4.74 Å². The first-order valence-electron chi connectivity index (χ1n) is 7.31. The molecule has 4 heteroatoms. The fraction of sp³-hybridized carbons (Fsp3) is 0.222. The third kappa shape index (κ3) is 2.42. The third-order valence-corrected chi connectivity index (χ3v) is 3.62. The maximum Gasteiger partial charge on any atom is 0.137 e. The molecular formula is C18H17N3O. The maximum absolute atomic E-state index is 9.16. The Morgan fingerprint density at radius 1 is 1.18 bits per heavy atom. The Balaban J connectivity index is 2.15. The zero-order chi connectivity index (χ0) is 15.5. The Bertz CT molecular complexity index is 841. The first kappa shape index (κ1) is 14.2. The molecule has 0 spiro atoms. The van der Waals surface area contributed by atoms with Crippen molar-refractivity contribution in [2.75, 3.05) is 6.61 Å². The Labute approximate surface area is 129 Å². The Kier molecular flexibility index (Phi) is 3.80. The van der Waals surface area contributed by atoms with Crippen LogP contribution in [0.3, 0.4) is 0 Å². The molecule has 3 aromatic rings. The van der Waals surface area contributed by atoms with E-state index in [1.165, 1.54) is 0 Å². The standard InChI is InChI=1S/C18H17N3O/c1-3-22-15-9-7-14(8-10-15)18-16(11-12-19)21-13(2)5-4-6-17(21)20-18/h4-10H,3,11H2,1-2H3. The van der Waals surface area contributed by atoms with Crippen molar-refractivity contribution in [3.05, 3.63) is 53.9 Å². The van der Waals surface area contributed by atoms with E-state index >= 15 is 0 Å². The minimum absolute atomic E-state index is 0.328. The van der Waals surface area contributed by atoms with Crippen LogP contribution in [0.4, 0.5) is 0 Å². The molecule has 0 unspecified atom stereocenters. The third-order valence-electron chi connectivity index (χ3n) is 3.62. The lowest BCUT2D eigenvalue weighted by atomic mass is 10.1. The number of nitrogens with zero attached hydrogens (tertiary/aromatic N) is 3. The van der Waals surface area contributed by atoms with Crippen molar-refractivity contribution in [2.24, 2.45) is 0 Å². The van der Waals surface area contributed by atoms with Crippen molar-refractivity contribution in [3.8, 4) is 23.1 Å². The van der Waals surface area contributed by atoms with Crippen LogP contribution in [0.2, 0.25) is 0 Å². The minimum atomic E-state index is 0.328. The minimum Gasteiger partial charge on any atom is -0.494 e. The van der Waals surface area contributed by atoms with Crippen LogP contribution in [0.1, 0.15) is 18.3 Å². The molecule has 0 amide bonds. The smallest absolute Gasteiger partial charge is 0.137 e. The van der Waals surface area contributed by atoms with Gasteiger partial charge in [0.25, 0.3) is 0 Å². The lowest BCUT2D eigenvalue weighted by molar-refractivity contribution is 0.340. The van der Waals surface area contributed by atoms with Gasteiger partial charge in [0.15, 0.2) is 0 Å². The first-order chi connectivity index (χ1) is 10.7. The van der Waals surface area contributed by atoms with E-state index in [2.05, 4.69) is 10.5 Å². The highest BCUT2D eigenvalue weighted by Gasteiger charge is 2.14. The lowest BCUT2D eigenvalue weighted by Gasteiger charge is -2.06. The van der Waals surface area contributed by atoms with E-state index in [0.29, 0.717) is 13.0 Å². The average Bonchev–Trinajstić information content (AvgIpc) is 2.89. The molecule has 2 aromatic heterocycles. The monoisotopic (exact) mass is 291 g/mol. The molecule has 3 rings (SSSR count). The molecule has 0 aliphatic heterocycles. The predicted octanol–water partition coefficient (Wildman–Crippen LogP) is 3.77. The highest BCUT2D eigenvalue weighted by molar-refractivity contribution is 5.68. The molecular weight excluding hydrogens is 274 g/mol. The lowest BCUT2D eigenvalue weighted by Crippen LogP contribution is -1.97. The highest BCUT2D eigenvalue weighted by atomic mass is 16.5. The number of benzene rings is 1. The molecule has 0 fully saturated rings. The van der Waals surface area contributed by atoms with Crippen molar-refractivity contribution in [2.45, 2.75) is 20.3 Å². The largest absolute Gasteiger partial charge is 0.494 e. The van der Waals surface area contributed by atoms with Gasteiger partial charge in [0.2, 0.25) is 0 Å². The summed E-state index contributed by atoms with van der Waals surface area (Å²) in [4.78, 5) is 4.71. The average molecular weight is 291 g/mol. The number of ether oxygens (including phenoxy) is 1. The summed E-state index contributed by atoms with van der Waals surface area (Å²) < 4.78 is 7.53. The van der Waals surface area contributed by atoms with E-state index in [1.807, 2.05) is 56.3 Å². The molecule has 22 heavy (non-hydrogen) atoms. The number of pyridine rings is 1. The van der Waals surface area contributed by atoms with E-state index in [4.69, 9.17) is 15.0 Å². The first-order valence-corrected chi connectivity index (χ1v) is 7.31. The zero-order valence-corrected chi connectivity index (χ0v) is 12.7. The Hall–Kier alpha value is -2.80. The number of imidazole rings is 1. The van der Waals surface area contributed by atoms with E-state index in [-0.39, 0.29) is 0 Å². The van der Waals surface area contributed by atoms with Crippen LogP contribution in [0.15, 0.2) is 42.5 Å². The summed E-state index contributed by atoms with van der Waals surface area (Å²) in [5.41, 5.74) is 4.73. The van der Waals surface area contributed by atoms with Gasteiger partial charge in [-0.2, -0.15) is 5.26 Å². The summed E-state index contributed by atoms with van der Waals surface area (Å²) >= 11 is 0. The van der Waals surface area contributed by atoms with Crippen molar-refractivity contribution >= 4 is 5.65 Å². The molecule has 1 aromatic carbocycles. The van der Waals surface area contributed by atoms with Gasteiger partial charge in [0.1, 0.15) is 11.4 Å².